The van der Waals surface area contributed by atoms with Crippen molar-refractivity contribution in [2.24, 2.45) is 0 Å². The Kier molecular flexibility index (Phi) is 43.0. The quantitative estimate of drug-likeness (QED) is 0.0273. The van der Waals surface area contributed by atoms with E-state index in [2.05, 4.69) is 153 Å². The molecule has 2 N–H and O–H groups in total. The van der Waals surface area contributed by atoms with Crippen LogP contribution in [0.2, 0.25) is 0 Å². The van der Waals surface area contributed by atoms with E-state index in [4.69, 9.17) is 9.05 Å². The van der Waals surface area contributed by atoms with Gasteiger partial charge in [-0.25, -0.2) is 0 Å². The summed E-state index contributed by atoms with van der Waals surface area (Å²) in [6.45, 7) is 4.31. The Morgan fingerprint density at radius 2 is 0.938 bits per heavy atom. The third kappa shape index (κ3) is 48.1. The van der Waals surface area contributed by atoms with Crippen molar-refractivity contribution in [3.05, 3.63) is 146 Å². The molecular formula is C56H91N2O6P. The standard InChI is InChI=1S/C56H91N2O6P/c1-6-8-10-12-13-14-15-16-17-18-19-20-21-22-23-24-25-26-27-28-29-30-31-32-33-34-35-36-37-38-39-40-41-42-43-44-45-46-48-50-56(60)57-54(55(59)49-47-11-9-7-2)53-64-65(61,62)63-52-51-58(3,4)5/h8,10,13-14,16-17,19-20,22-23,25-26,28-29,31-32,34-35,37-38,40-41,47,49,54-55,59H,6-7,9,11-12,15,18,21,24,27,30,33,36,39,42-46,48,50-53H2,1-5H3,(H-,57,60,61,62)/b10-8-,14-13-,17-16-,20-19-,23-22-,26-25-,29-28-,32-31-,35-34-,38-37-,41-40-,49-47+. The van der Waals surface area contributed by atoms with Crippen LogP contribution in [0.25, 0.3) is 0 Å². The van der Waals surface area contributed by atoms with Crippen LogP contribution in [0.1, 0.15) is 149 Å². The summed E-state index contributed by atoms with van der Waals surface area (Å²) in [6, 6.07) is -0.903. The molecule has 0 aromatic heterocycles. The first kappa shape index (κ1) is 61.4. The molecule has 0 aliphatic rings. The third-order valence-corrected chi connectivity index (χ3v) is 10.8. The molecule has 3 atom stereocenters. The van der Waals surface area contributed by atoms with E-state index in [9.17, 15) is 19.4 Å². The Hall–Kier alpha value is -3.62. The van der Waals surface area contributed by atoms with Crippen molar-refractivity contribution in [2.45, 2.75) is 161 Å². The number of carbonyl (C=O) groups is 1. The Bertz CT molecular complexity index is 1560. The number of likely N-dealkylation sites (N-methyl/N-ethyl adjacent to an activating group) is 1. The molecule has 366 valence electrons. The molecule has 0 saturated heterocycles. The molecule has 0 aromatic rings. The zero-order valence-corrected chi connectivity index (χ0v) is 42.3. The summed E-state index contributed by atoms with van der Waals surface area (Å²) in [6.07, 6.45) is 71.3. The molecule has 0 spiro atoms. The van der Waals surface area contributed by atoms with Gasteiger partial charge in [0.15, 0.2) is 0 Å². The summed E-state index contributed by atoms with van der Waals surface area (Å²) in [5.41, 5.74) is 0. The number of aliphatic hydroxyl groups is 1. The monoisotopic (exact) mass is 919 g/mol. The lowest BCUT2D eigenvalue weighted by atomic mass is 10.1. The number of nitrogens with zero attached hydrogens (tertiary/aromatic N) is 1. The van der Waals surface area contributed by atoms with Crippen molar-refractivity contribution in [1.82, 2.24) is 5.32 Å². The van der Waals surface area contributed by atoms with E-state index in [1.807, 2.05) is 27.2 Å². The molecule has 0 aromatic carbocycles. The summed E-state index contributed by atoms with van der Waals surface area (Å²) < 4.78 is 22.9. The molecule has 65 heavy (non-hydrogen) atoms. The Morgan fingerprint density at radius 1 is 0.554 bits per heavy atom. The maximum atomic E-state index is 12.7. The number of hydrogen-bond donors (Lipinski definition) is 2. The maximum Gasteiger partial charge on any atom is 0.268 e. The van der Waals surface area contributed by atoms with Crippen LogP contribution in [-0.4, -0.2) is 68.5 Å². The molecule has 0 saturated carbocycles. The van der Waals surface area contributed by atoms with Gasteiger partial charge in [-0.2, -0.15) is 0 Å². The van der Waals surface area contributed by atoms with Gasteiger partial charge in [0.1, 0.15) is 13.2 Å². The van der Waals surface area contributed by atoms with Crippen molar-refractivity contribution in [3.8, 4) is 0 Å². The van der Waals surface area contributed by atoms with Gasteiger partial charge in [-0.3, -0.25) is 9.36 Å². The minimum Gasteiger partial charge on any atom is -0.756 e. The minimum atomic E-state index is -4.58. The molecule has 9 heteroatoms. The Labute approximate surface area is 398 Å². The van der Waals surface area contributed by atoms with E-state index in [1.54, 1.807) is 6.08 Å². The zero-order chi connectivity index (χ0) is 47.8. The summed E-state index contributed by atoms with van der Waals surface area (Å²) in [5.74, 6) is -0.234. The number of phosphoric acid groups is 1. The molecule has 0 radical (unpaired) electrons. The zero-order valence-electron chi connectivity index (χ0n) is 41.4. The smallest absolute Gasteiger partial charge is 0.268 e. The predicted octanol–water partition coefficient (Wildman–Crippen LogP) is 13.9. The average Bonchev–Trinajstić information content (AvgIpc) is 3.26. The van der Waals surface area contributed by atoms with Crippen molar-refractivity contribution >= 4 is 13.7 Å². The minimum absolute atomic E-state index is 0.0147. The summed E-state index contributed by atoms with van der Waals surface area (Å²) in [5, 5.41) is 13.5. The third-order valence-electron chi connectivity index (χ3n) is 9.81. The van der Waals surface area contributed by atoms with Crippen LogP contribution in [-0.2, 0) is 18.4 Å². The van der Waals surface area contributed by atoms with Crippen LogP contribution < -0.4 is 10.2 Å². The molecular weight excluding hydrogens is 828 g/mol. The summed E-state index contributed by atoms with van der Waals surface area (Å²) >= 11 is 0. The van der Waals surface area contributed by atoms with E-state index in [-0.39, 0.29) is 12.5 Å². The lowest BCUT2D eigenvalue weighted by molar-refractivity contribution is -0.870. The number of rotatable bonds is 42. The van der Waals surface area contributed by atoms with Gasteiger partial charge in [0, 0.05) is 6.42 Å². The number of aliphatic hydroxyl groups excluding tert-OH is 1. The Balaban J connectivity index is 4.01. The second kappa shape index (κ2) is 45.5. The van der Waals surface area contributed by atoms with Gasteiger partial charge < -0.3 is 28.8 Å². The highest BCUT2D eigenvalue weighted by atomic mass is 31.2. The van der Waals surface area contributed by atoms with Gasteiger partial charge in [-0.05, 0) is 96.3 Å². The van der Waals surface area contributed by atoms with Crippen LogP contribution in [0.4, 0.5) is 0 Å². The van der Waals surface area contributed by atoms with Crippen LogP contribution >= 0.6 is 7.82 Å². The average molecular weight is 919 g/mol. The van der Waals surface area contributed by atoms with E-state index in [1.165, 1.54) is 0 Å². The van der Waals surface area contributed by atoms with Gasteiger partial charge >= 0.3 is 0 Å². The van der Waals surface area contributed by atoms with Gasteiger partial charge in [0.25, 0.3) is 7.82 Å². The van der Waals surface area contributed by atoms with Crippen LogP contribution in [0, 0.1) is 0 Å². The lowest BCUT2D eigenvalue weighted by Gasteiger charge is -2.29. The first-order valence-electron chi connectivity index (χ1n) is 24.7. The first-order valence-corrected chi connectivity index (χ1v) is 26.2. The molecule has 1 amide bonds. The number of unbranched alkanes of at least 4 members (excludes halogenated alkanes) is 7. The van der Waals surface area contributed by atoms with Gasteiger partial charge in [0.05, 0.1) is 39.9 Å². The van der Waals surface area contributed by atoms with Crippen molar-refractivity contribution in [1.29, 1.82) is 0 Å². The van der Waals surface area contributed by atoms with Crippen molar-refractivity contribution < 1.29 is 32.9 Å². The van der Waals surface area contributed by atoms with Gasteiger partial charge in [-0.15, -0.1) is 0 Å². The van der Waals surface area contributed by atoms with Crippen molar-refractivity contribution in [3.63, 3.8) is 0 Å². The van der Waals surface area contributed by atoms with Crippen LogP contribution in [0.3, 0.4) is 0 Å². The maximum absolute atomic E-state index is 12.7. The van der Waals surface area contributed by atoms with Crippen LogP contribution in [0.15, 0.2) is 146 Å². The SMILES string of the molecule is CC/C=C\C/C=C\C/C=C\C/C=C\C/C=C\C/C=C\C/C=C\C/C=C\C/C=C\C/C=C\C/C=C\CCCCCCCC(=O)NC(COP(=O)([O-])OCC[N+](C)(C)C)C(O)/C=C/CCCC. The van der Waals surface area contributed by atoms with E-state index in [0.717, 1.165) is 128 Å². The van der Waals surface area contributed by atoms with Crippen LogP contribution in [0.5, 0.6) is 0 Å². The summed E-state index contributed by atoms with van der Waals surface area (Å²) in [4.78, 5) is 25.0. The molecule has 0 bridgehead atoms. The highest BCUT2D eigenvalue weighted by Gasteiger charge is 2.23. The fourth-order valence-electron chi connectivity index (χ4n) is 5.90. The molecule has 8 nitrogen and oxygen atoms in total. The van der Waals surface area contributed by atoms with E-state index in [0.29, 0.717) is 17.4 Å². The number of phosphoric ester groups is 1. The second-order valence-electron chi connectivity index (χ2n) is 17.1. The fraction of sp³-hybridized carbons (Fsp3) is 0.554. The number of quaternary nitrogens is 1. The molecule has 0 rings (SSSR count). The molecule has 0 aliphatic carbocycles. The second-order valence-corrected chi connectivity index (χ2v) is 18.5. The van der Waals surface area contributed by atoms with E-state index >= 15 is 0 Å². The molecule has 0 heterocycles. The fourth-order valence-corrected chi connectivity index (χ4v) is 6.63. The lowest BCUT2D eigenvalue weighted by Crippen LogP contribution is -2.45. The normalized spacial score (nSPS) is 15.4. The number of nitrogens with one attached hydrogen (secondary N) is 1. The predicted molar refractivity (Wildman–Crippen MR) is 278 cm³/mol. The van der Waals surface area contributed by atoms with Crippen molar-refractivity contribution in [2.75, 3.05) is 40.9 Å². The number of carbonyl (C=O) groups excluding carboxylic acids is 1. The summed E-state index contributed by atoms with van der Waals surface area (Å²) in [7, 11) is 1.21. The Morgan fingerprint density at radius 3 is 1.35 bits per heavy atom. The molecule has 3 unspecified atom stereocenters. The topological polar surface area (TPSA) is 108 Å². The first-order chi connectivity index (χ1) is 31.5. The number of allylic oxidation sites excluding steroid dienone is 23. The number of hydrogen-bond acceptors (Lipinski definition) is 6. The highest BCUT2D eigenvalue weighted by Crippen LogP contribution is 2.38. The van der Waals surface area contributed by atoms with E-state index < -0.39 is 26.6 Å². The highest BCUT2D eigenvalue weighted by molar-refractivity contribution is 7.45. The molecule has 0 aliphatic heterocycles. The van der Waals surface area contributed by atoms with Gasteiger partial charge in [0.2, 0.25) is 5.91 Å². The van der Waals surface area contributed by atoms with Gasteiger partial charge in [-0.1, -0.05) is 192 Å². The largest absolute Gasteiger partial charge is 0.756 e. The number of amides is 1. The molecule has 0 fully saturated rings.